The Labute approximate surface area is 216 Å². The number of aryl methyl sites for hydroxylation is 1. The lowest BCUT2D eigenvalue weighted by atomic mass is 9.94. The van der Waals surface area contributed by atoms with Gasteiger partial charge in [-0.25, -0.2) is 0 Å². The van der Waals surface area contributed by atoms with E-state index in [9.17, 15) is 18.0 Å². The summed E-state index contributed by atoms with van der Waals surface area (Å²) >= 11 is 1.06. The van der Waals surface area contributed by atoms with Crippen LogP contribution in [0.5, 0.6) is 5.75 Å². The fourth-order valence-electron chi connectivity index (χ4n) is 4.49. The van der Waals surface area contributed by atoms with E-state index >= 15 is 0 Å². The Kier molecular flexibility index (Phi) is 8.35. The molecule has 0 radical (unpaired) electrons. The highest BCUT2D eigenvalue weighted by Gasteiger charge is 2.43. The zero-order valence-electron chi connectivity index (χ0n) is 20.5. The SMILES string of the molecule is CCc1ccc(S(=O)(=O)/N=C2/SC(CC(=O)Nc3cccc(OC)c3)C(=O)N2C2CCCCC2)cc1. The molecule has 1 unspecified atom stereocenters. The molecule has 1 N–H and O–H groups in total. The third kappa shape index (κ3) is 6.10. The Hall–Kier alpha value is -2.85. The summed E-state index contributed by atoms with van der Waals surface area (Å²) in [5, 5.41) is 2.21. The van der Waals surface area contributed by atoms with Crippen LogP contribution >= 0.6 is 11.8 Å². The number of benzene rings is 2. The fraction of sp³-hybridized carbons (Fsp3) is 0.423. The topological polar surface area (TPSA) is 105 Å². The van der Waals surface area contributed by atoms with Crippen molar-refractivity contribution < 1.29 is 22.7 Å². The van der Waals surface area contributed by atoms with Crippen LogP contribution < -0.4 is 10.1 Å². The van der Waals surface area contributed by atoms with Crippen LogP contribution in [0.4, 0.5) is 5.69 Å². The van der Waals surface area contributed by atoms with Crippen molar-refractivity contribution in [3.63, 3.8) is 0 Å². The maximum atomic E-state index is 13.4. The monoisotopic (exact) mass is 529 g/mol. The highest BCUT2D eigenvalue weighted by atomic mass is 32.2. The average molecular weight is 530 g/mol. The molecule has 2 amide bonds. The molecule has 1 saturated heterocycles. The van der Waals surface area contributed by atoms with Gasteiger partial charge < -0.3 is 10.1 Å². The van der Waals surface area contributed by atoms with Gasteiger partial charge in [0.1, 0.15) is 11.0 Å². The molecule has 2 fully saturated rings. The van der Waals surface area contributed by atoms with E-state index in [1.165, 1.54) is 4.90 Å². The van der Waals surface area contributed by atoms with Gasteiger partial charge in [0, 0.05) is 24.2 Å². The quantitative estimate of drug-likeness (QED) is 0.536. The fourth-order valence-corrected chi connectivity index (χ4v) is 6.89. The molecule has 0 aromatic heterocycles. The Bertz CT molecular complexity index is 1240. The Morgan fingerprint density at radius 2 is 1.86 bits per heavy atom. The van der Waals surface area contributed by atoms with E-state index in [1.807, 2.05) is 6.92 Å². The van der Waals surface area contributed by atoms with E-state index in [1.54, 1.807) is 55.6 Å². The summed E-state index contributed by atoms with van der Waals surface area (Å²) in [7, 11) is -2.47. The lowest BCUT2D eigenvalue weighted by Gasteiger charge is -2.30. The molecular weight excluding hydrogens is 498 g/mol. The van der Waals surface area contributed by atoms with Crippen LogP contribution in [0.15, 0.2) is 57.8 Å². The molecule has 0 spiro atoms. The predicted molar refractivity (Wildman–Crippen MR) is 142 cm³/mol. The molecule has 1 aliphatic heterocycles. The van der Waals surface area contributed by atoms with Gasteiger partial charge in [0.25, 0.3) is 10.0 Å². The van der Waals surface area contributed by atoms with Gasteiger partial charge in [0.05, 0.1) is 12.0 Å². The van der Waals surface area contributed by atoms with Crippen LogP contribution in [-0.2, 0) is 26.0 Å². The number of carbonyl (C=O) groups excluding carboxylic acids is 2. The first kappa shape index (κ1) is 26.2. The number of ether oxygens (including phenoxy) is 1. The third-order valence-electron chi connectivity index (χ3n) is 6.46. The number of amides is 2. The number of nitrogens with zero attached hydrogens (tertiary/aromatic N) is 2. The van der Waals surface area contributed by atoms with Crippen molar-refractivity contribution in [3.05, 3.63) is 54.1 Å². The smallest absolute Gasteiger partial charge is 0.284 e. The number of carbonyl (C=O) groups is 2. The summed E-state index contributed by atoms with van der Waals surface area (Å²) in [6, 6.07) is 13.5. The largest absolute Gasteiger partial charge is 0.497 e. The first-order valence-corrected chi connectivity index (χ1v) is 14.5. The number of anilines is 1. The third-order valence-corrected chi connectivity index (χ3v) is 9.01. The maximum absolute atomic E-state index is 13.4. The van der Waals surface area contributed by atoms with Gasteiger partial charge in [-0.1, -0.05) is 56.1 Å². The first-order valence-electron chi connectivity index (χ1n) is 12.2. The Balaban J connectivity index is 1.56. The molecule has 1 atom stereocenters. The molecule has 2 aromatic carbocycles. The average Bonchev–Trinajstić information content (AvgIpc) is 3.17. The van der Waals surface area contributed by atoms with E-state index < -0.39 is 15.3 Å². The van der Waals surface area contributed by atoms with Crippen molar-refractivity contribution in [1.82, 2.24) is 4.90 Å². The summed E-state index contributed by atoms with van der Waals surface area (Å²) in [4.78, 5) is 27.8. The van der Waals surface area contributed by atoms with Crippen LogP contribution in [0.3, 0.4) is 0 Å². The van der Waals surface area contributed by atoms with Crippen LogP contribution in [0.1, 0.15) is 51.0 Å². The summed E-state index contributed by atoms with van der Waals surface area (Å²) in [5.74, 6) is 0.00844. The van der Waals surface area contributed by atoms with Crippen molar-refractivity contribution in [1.29, 1.82) is 0 Å². The first-order chi connectivity index (χ1) is 17.3. The van der Waals surface area contributed by atoms with Gasteiger partial charge in [-0.3, -0.25) is 14.5 Å². The predicted octanol–water partition coefficient (Wildman–Crippen LogP) is 4.61. The van der Waals surface area contributed by atoms with Crippen molar-refractivity contribution in [2.75, 3.05) is 12.4 Å². The van der Waals surface area contributed by atoms with Crippen molar-refractivity contribution >= 4 is 44.5 Å². The van der Waals surface area contributed by atoms with Crippen molar-refractivity contribution in [2.24, 2.45) is 4.40 Å². The molecule has 2 aromatic rings. The molecule has 1 aliphatic carbocycles. The second-order valence-electron chi connectivity index (χ2n) is 8.94. The minimum absolute atomic E-state index is 0.0862. The molecular formula is C26H31N3O5S2. The van der Waals surface area contributed by atoms with Gasteiger partial charge in [-0.05, 0) is 49.1 Å². The second-order valence-corrected chi connectivity index (χ2v) is 11.7. The highest BCUT2D eigenvalue weighted by molar-refractivity contribution is 8.16. The van der Waals surface area contributed by atoms with Gasteiger partial charge in [-0.15, -0.1) is 4.40 Å². The molecule has 192 valence electrons. The number of amidine groups is 1. The summed E-state index contributed by atoms with van der Waals surface area (Å²) in [6.45, 7) is 2.00. The number of methoxy groups -OCH3 is 1. The van der Waals surface area contributed by atoms with Crippen LogP contribution in [0.25, 0.3) is 0 Å². The van der Waals surface area contributed by atoms with Gasteiger partial charge >= 0.3 is 0 Å². The summed E-state index contributed by atoms with van der Waals surface area (Å²) < 4.78 is 35.5. The highest BCUT2D eigenvalue weighted by Crippen LogP contribution is 2.36. The standard InChI is InChI=1S/C26H31N3O5S2/c1-3-18-12-14-22(15-13-18)36(32,33)28-26-29(20-9-5-4-6-10-20)25(31)23(35-26)17-24(30)27-19-8-7-11-21(16-19)34-2/h7-8,11-16,20,23H,3-6,9-10,17H2,1-2H3,(H,27,30)/b28-26+. The molecule has 1 saturated carbocycles. The molecule has 1 heterocycles. The van der Waals surface area contributed by atoms with Crippen LogP contribution in [-0.4, -0.2) is 48.7 Å². The van der Waals surface area contributed by atoms with Gasteiger partial charge in [0.15, 0.2) is 5.17 Å². The Morgan fingerprint density at radius 3 is 2.53 bits per heavy atom. The second kappa shape index (κ2) is 11.5. The van der Waals surface area contributed by atoms with Gasteiger partial charge in [0.2, 0.25) is 11.8 Å². The van der Waals surface area contributed by atoms with Gasteiger partial charge in [-0.2, -0.15) is 8.42 Å². The lowest BCUT2D eigenvalue weighted by molar-refractivity contribution is -0.130. The number of hydrogen-bond donors (Lipinski definition) is 1. The molecule has 36 heavy (non-hydrogen) atoms. The molecule has 10 heteroatoms. The van der Waals surface area contributed by atoms with E-state index in [0.29, 0.717) is 11.4 Å². The number of rotatable bonds is 8. The summed E-state index contributed by atoms with van der Waals surface area (Å²) in [5.41, 5.74) is 1.59. The normalized spacial score (nSPS) is 20.1. The minimum atomic E-state index is -4.01. The number of thioether (sulfide) groups is 1. The Morgan fingerprint density at radius 1 is 1.14 bits per heavy atom. The molecule has 4 rings (SSSR count). The lowest BCUT2D eigenvalue weighted by Crippen LogP contribution is -2.42. The van der Waals surface area contributed by atoms with E-state index in [2.05, 4.69) is 9.71 Å². The molecule has 0 bridgehead atoms. The van der Waals surface area contributed by atoms with Crippen LogP contribution in [0, 0.1) is 0 Å². The van der Waals surface area contributed by atoms with Crippen LogP contribution in [0.2, 0.25) is 0 Å². The van der Waals surface area contributed by atoms with E-state index in [4.69, 9.17) is 4.74 Å². The zero-order chi connectivity index (χ0) is 25.7. The van der Waals surface area contributed by atoms with Crippen molar-refractivity contribution in [3.8, 4) is 5.75 Å². The molecule has 2 aliphatic rings. The number of hydrogen-bond acceptors (Lipinski definition) is 6. The maximum Gasteiger partial charge on any atom is 0.284 e. The number of nitrogens with one attached hydrogen (secondary N) is 1. The number of sulfonamides is 1. The minimum Gasteiger partial charge on any atom is -0.497 e. The van der Waals surface area contributed by atoms with E-state index in [0.717, 1.165) is 55.9 Å². The van der Waals surface area contributed by atoms with Crippen molar-refractivity contribution in [2.45, 2.75) is 68.1 Å². The molecule has 8 nitrogen and oxygen atoms in total. The summed E-state index contributed by atoms with van der Waals surface area (Å²) in [6.07, 6.45) is 5.32. The van der Waals surface area contributed by atoms with E-state index in [-0.39, 0.29) is 34.3 Å². The zero-order valence-corrected chi connectivity index (χ0v) is 22.1.